The number of aromatic nitrogens is 1. The van der Waals surface area contributed by atoms with Crippen molar-refractivity contribution in [3.8, 4) is 0 Å². The van der Waals surface area contributed by atoms with E-state index in [2.05, 4.69) is 9.88 Å². The molecule has 1 aromatic carbocycles. The van der Waals surface area contributed by atoms with Gasteiger partial charge in [-0.2, -0.15) is 0 Å². The number of hydrogen-bond donors (Lipinski definition) is 0. The van der Waals surface area contributed by atoms with Crippen LogP contribution in [0.3, 0.4) is 0 Å². The van der Waals surface area contributed by atoms with Gasteiger partial charge in [0.2, 0.25) is 0 Å². The number of ether oxygens (including phenoxy) is 1. The average Bonchev–Trinajstić information content (AvgIpc) is 2.55. The summed E-state index contributed by atoms with van der Waals surface area (Å²) >= 11 is 6.12. The number of ketones is 1. The van der Waals surface area contributed by atoms with Gasteiger partial charge in [-0.1, -0.05) is 17.7 Å². The van der Waals surface area contributed by atoms with Crippen molar-refractivity contribution in [3.05, 3.63) is 58.5 Å². The fraction of sp³-hybridized carbons (Fsp3) is 0.294. The van der Waals surface area contributed by atoms with Crippen molar-refractivity contribution in [1.82, 2.24) is 4.98 Å². The molecular formula is C17H16ClFN2O2. The number of nitrogens with zero attached hydrogens (tertiary/aromatic N) is 2. The van der Waals surface area contributed by atoms with Crippen molar-refractivity contribution < 1.29 is 13.9 Å². The molecule has 0 radical (unpaired) electrons. The molecule has 6 heteroatoms. The highest BCUT2D eigenvalue weighted by molar-refractivity contribution is 6.31. The van der Waals surface area contributed by atoms with Gasteiger partial charge in [0.05, 0.1) is 6.61 Å². The maximum absolute atomic E-state index is 13.2. The van der Waals surface area contributed by atoms with Gasteiger partial charge in [-0.3, -0.25) is 4.79 Å². The van der Waals surface area contributed by atoms with Crippen LogP contribution < -0.4 is 4.90 Å². The highest BCUT2D eigenvalue weighted by atomic mass is 35.5. The monoisotopic (exact) mass is 334 g/mol. The fourth-order valence-electron chi connectivity index (χ4n) is 2.59. The van der Waals surface area contributed by atoms with Crippen molar-refractivity contribution in [2.45, 2.75) is 13.0 Å². The largest absolute Gasteiger partial charge is 0.370 e. The van der Waals surface area contributed by atoms with E-state index in [0.717, 1.165) is 11.4 Å². The first-order valence-corrected chi connectivity index (χ1v) is 7.71. The molecule has 120 valence electrons. The van der Waals surface area contributed by atoms with Gasteiger partial charge < -0.3 is 9.64 Å². The van der Waals surface area contributed by atoms with E-state index in [1.807, 2.05) is 6.07 Å². The third kappa shape index (κ3) is 3.51. The third-order valence-corrected chi connectivity index (χ3v) is 4.18. The number of Topliss-reactive ketones (excluding diaryl/α,β-unsaturated/α-hetero) is 1. The molecule has 2 heterocycles. The Bertz CT molecular complexity index is 721. The highest BCUT2D eigenvalue weighted by Gasteiger charge is 2.24. The molecule has 1 aliphatic heterocycles. The molecule has 0 spiro atoms. The zero-order valence-electron chi connectivity index (χ0n) is 12.6. The van der Waals surface area contributed by atoms with E-state index >= 15 is 0 Å². The standard InChI is InChI=1S/C17H16ClFN2O2/c1-11(22)12-2-5-17(20-9-12)21-6-7-23-16(10-21)14-4-3-13(19)8-15(14)18/h2-5,8-9,16H,6-7,10H2,1H3/t16-/m0/s1. The minimum absolute atomic E-state index is 0.0120. The lowest BCUT2D eigenvalue weighted by atomic mass is 10.1. The van der Waals surface area contributed by atoms with Crippen LogP contribution in [0.1, 0.15) is 28.9 Å². The summed E-state index contributed by atoms with van der Waals surface area (Å²) in [5.41, 5.74) is 1.35. The molecule has 1 fully saturated rings. The molecule has 0 bridgehead atoms. The third-order valence-electron chi connectivity index (χ3n) is 3.85. The molecule has 0 N–H and O–H groups in total. The number of pyridine rings is 1. The predicted molar refractivity (Wildman–Crippen MR) is 86.6 cm³/mol. The Balaban J connectivity index is 1.79. The summed E-state index contributed by atoms with van der Waals surface area (Å²) in [5, 5.41) is 0.358. The fourth-order valence-corrected chi connectivity index (χ4v) is 2.88. The van der Waals surface area contributed by atoms with Crippen molar-refractivity contribution in [2.24, 2.45) is 0 Å². The first-order chi connectivity index (χ1) is 11.0. The second-order valence-corrected chi connectivity index (χ2v) is 5.84. The zero-order valence-corrected chi connectivity index (χ0v) is 13.4. The molecule has 0 unspecified atom stereocenters. The summed E-state index contributed by atoms with van der Waals surface area (Å²) < 4.78 is 19.0. The van der Waals surface area contributed by atoms with Crippen LogP contribution in [0.25, 0.3) is 0 Å². The van der Waals surface area contributed by atoms with E-state index < -0.39 is 0 Å². The molecule has 0 saturated carbocycles. The smallest absolute Gasteiger partial charge is 0.161 e. The van der Waals surface area contributed by atoms with E-state index in [4.69, 9.17) is 16.3 Å². The van der Waals surface area contributed by atoms with Crippen LogP contribution in [0.5, 0.6) is 0 Å². The van der Waals surface area contributed by atoms with E-state index in [0.29, 0.717) is 30.3 Å². The Kier molecular flexibility index (Phi) is 4.59. The Morgan fingerprint density at radius 1 is 1.39 bits per heavy atom. The summed E-state index contributed by atoms with van der Waals surface area (Å²) in [5.74, 6) is 0.399. The first kappa shape index (κ1) is 15.9. The van der Waals surface area contributed by atoms with Gasteiger partial charge in [0.1, 0.15) is 17.7 Å². The Hall–Kier alpha value is -1.98. The molecule has 0 amide bonds. The van der Waals surface area contributed by atoms with Crippen LogP contribution in [0.15, 0.2) is 36.5 Å². The minimum Gasteiger partial charge on any atom is -0.370 e. The summed E-state index contributed by atoms with van der Waals surface area (Å²) in [6.45, 7) is 3.30. The topological polar surface area (TPSA) is 42.4 Å². The number of carbonyl (C=O) groups excluding carboxylic acids is 1. The molecular weight excluding hydrogens is 319 g/mol. The van der Waals surface area contributed by atoms with Crippen molar-refractivity contribution in [2.75, 3.05) is 24.6 Å². The summed E-state index contributed by atoms with van der Waals surface area (Å²) in [7, 11) is 0. The Morgan fingerprint density at radius 3 is 2.87 bits per heavy atom. The van der Waals surface area contributed by atoms with Gasteiger partial charge in [0.15, 0.2) is 5.78 Å². The van der Waals surface area contributed by atoms with Crippen LogP contribution >= 0.6 is 11.6 Å². The SMILES string of the molecule is CC(=O)c1ccc(N2CCO[C@H](c3ccc(F)cc3Cl)C2)nc1. The van der Waals surface area contributed by atoms with Crippen molar-refractivity contribution in [3.63, 3.8) is 0 Å². The van der Waals surface area contributed by atoms with Crippen LogP contribution in [-0.4, -0.2) is 30.5 Å². The van der Waals surface area contributed by atoms with Gasteiger partial charge in [-0.25, -0.2) is 9.37 Å². The lowest BCUT2D eigenvalue weighted by Gasteiger charge is -2.34. The highest BCUT2D eigenvalue weighted by Crippen LogP contribution is 2.30. The molecule has 1 atom stereocenters. The average molecular weight is 335 g/mol. The lowest BCUT2D eigenvalue weighted by molar-refractivity contribution is 0.0395. The van der Waals surface area contributed by atoms with Crippen LogP contribution in [0.4, 0.5) is 10.2 Å². The maximum Gasteiger partial charge on any atom is 0.161 e. The van der Waals surface area contributed by atoms with E-state index in [9.17, 15) is 9.18 Å². The number of anilines is 1. The Labute approximate surface area is 138 Å². The quantitative estimate of drug-likeness (QED) is 0.803. The summed E-state index contributed by atoms with van der Waals surface area (Å²) in [4.78, 5) is 17.7. The molecule has 4 nitrogen and oxygen atoms in total. The molecule has 1 saturated heterocycles. The molecule has 3 rings (SSSR count). The maximum atomic E-state index is 13.2. The van der Waals surface area contributed by atoms with E-state index in [1.54, 1.807) is 18.3 Å². The van der Waals surface area contributed by atoms with Gasteiger partial charge in [-0.15, -0.1) is 0 Å². The number of benzene rings is 1. The predicted octanol–water partition coefficient (Wildman–Crippen LogP) is 3.65. The molecule has 1 aromatic heterocycles. The van der Waals surface area contributed by atoms with Crippen molar-refractivity contribution in [1.29, 1.82) is 0 Å². The van der Waals surface area contributed by atoms with Crippen LogP contribution in [-0.2, 0) is 4.74 Å². The molecule has 1 aliphatic rings. The number of halogens is 2. The van der Waals surface area contributed by atoms with Crippen LogP contribution in [0, 0.1) is 5.82 Å². The second-order valence-electron chi connectivity index (χ2n) is 5.43. The van der Waals surface area contributed by atoms with Gasteiger partial charge in [0, 0.05) is 35.4 Å². The number of morpholine rings is 1. The minimum atomic E-state index is -0.368. The second kappa shape index (κ2) is 6.64. The number of rotatable bonds is 3. The van der Waals surface area contributed by atoms with Gasteiger partial charge >= 0.3 is 0 Å². The molecule has 23 heavy (non-hydrogen) atoms. The van der Waals surface area contributed by atoms with Crippen molar-refractivity contribution >= 4 is 23.2 Å². The molecule has 2 aromatic rings. The van der Waals surface area contributed by atoms with Gasteiger partial charge in [-0.05, 0) is 31.2 Å². The summed E-state index contributed by atoms with van der Waals surface area (Å²) in [6, 6.07) is 7.91. The number of hydrogen-bond acceptors (Lipinski definition) is 4. The normalized spacial score (nSPS) is 18.0. The summed E-state index contributed by atoms with van der Waals surface area (Å²) in [6.07, 6.45) is 1.33. The number of carbonyl (C=O) groups is 1. The Morgan fingerprint density at radius 2 is 2.22 bits per heavy atom. The van der Waals surface area contributed by atoms with Crippen LogP contribution in [0.2, 0.25) is 5.02 Å². The van der Waals surface area contributed by atoms with E-state index in [-0.39, 0.29) is 17.7 Å². The van der Waals surface area contributed by atoms with E-state index in [1.165, 1.54) is 19.1 Å². The first-order valence-electron chi connectivity index (χ1n) is 7.33. The zero-order chi connectivity index (χ0) is 16.4. The van der Waals surface area contributed by atoms with Gasteiger partial charge in [0.25, 0.3) is 0 Å². The lowest BCUT2D eigenvalue weighted by Crippen LogP contribution is -2.39. The molecule has 0 aliphatic carbocycles.